The Kier molecular flexibility index (Phi) is 6.08. The number of nitrogens with zero attached hydrogens (tertiary/aromatic N) is 1. The highest BCUT2D eigenvalue weighted by molar-refractivity contribution is 7.80. The predicted molar refractivity (Wildman–Crippen MR) is 78.4 cm³/mol. The molecule has 0 aliphatic heterocycles. The molecule has 0 amide bonds. The maximum Gasteiger partial charge on any atom is 0.305 e. The van der Waals surface area contributed by atoms with Crippen LogP contribution in [0.2, 0.25) is 0 Å². The highest BCUT2D eigenvalue weighted by Gasteiger charge is 2.06. The number of anilines is 1. The number of carbonyl (C=O) groups is 1. The van der Waals surface area contributed by atoms with Crippen LogP contribution in [0.3, 0.4) is 0 Å². The molecule has 0 spiro atoms. The monoisotopic (exact) mass is 282 g/mol. The Balaban J connectivity index is 2.36. The van der Waals surface area contributed by atoms with E-state index in [0.717, 1.165) is 5.69 Å². The molecule has 0 unspecified atom stereocenters. The molecule has 0 bridgehead atoms. The van der Waals surface area contributed by atoms with Gasteiger partial charge in [0.15, 0.2) is 5.11 Å². The lowest BCUT2D eigenvalue weighted by molar-refractivity contribution is -0.140. The Morgan fingerprint density at radius 2 is 2.05 bits per heavy atom. The van der Waals surface area contributed by atoms with Gasteiger partial charge in [0.1, 0.15) is 5.75 Å². The molecule has 5 nitrogen and oxygen atoms in total. The largest absolute Gasteiger partial charge is 0.508 e. The quantitative estimate of drug-likeness (QED) is 0.486. The molecule has 0 heterocycles. The van der Waals surface area contributed by atoms with E-state index in [1.165, 1.54) is 7.11 Å². The smallest absolute Gasteiger partial charge is 0.305 e. The molecule has 19 heavy (non-hydrogen) atoms. The molecule has 1 aromatic carbocycles. The number of nitrogens with one attached hydrogen (secondary N) is 1. The average molecular weight is 282 g/mol. The number of phenolic OH excluding ortho intramolecular Hbond substituents is 1. The van der Waals surface area contributed by atoms with Crippen molar-refractivity contribution in [2.75, 3.05) is 25.6 Å². The lowest BCUT2D eigenvalue weighted by Gasteiger charge is -2.21. The summed E-state index contributed by atoms with van der Waals surface area (Å²) in [5.74, 6) is -0.00582. The number of methoxy groups -OCH3 is 1. The molecule has 0 aliphatic carbocycles. The van der Waals surface area contributed by atoms with Crippen molar-refractivity contribution in [3.05, 3.63) is 24.3 Å². The summed E-state index contributed by atoms with van der Waals surface area (Å²) in [5, 5.41) is 12.8. The Morgan fingerprint density at radius 1 is 1.42 bits per heavy atom. The third-order valence-corrected chi connectivity index (χ3v) is 3.02. The second-order valence-electron chi connectivity index (χ2n) is 3.99. The van der Waals surface area contributed by atoms with Gasteiger partial charge in [0.2, 0.25) is 0 Å². The first-order valence-corrected chi connectivity index (χ1v) is 6.33. The number of carbonyl (C=O) groups excluding carboxylic acids is 1. The Bertz CT molecular complexity index is 434. The molecule has 0 radical (unpaired) electrons. The minimum absolute atomic E-state index is 0.217. The van der Waals surface area contributed by atoms with Crippen molar-refractivity contribution in [1.29, 1.82) is 0 Å². The SMILES string of the molecule is COC(=O)CCCNC(=S)N(C)c1ccc(O)cc1. The van der Waals surface area contributed by atoms with Crippen LogP contribution in [0.15, 0.2) is 24.3 Å². The van der Waals surface area contributed by atoms with Crippen LogP contribution in [-0.2, 0) is 9.53 Å². The first-order valence-electron chi connectivity index (χ1n) is 5.92. The summed E-state index contributed by atoms with van der Waals surface area (Å²) in [6.07, 6.45) is 1.03. The molecule has 0 aliphatic rings. The van der Waals surface area contributed by atoms with E-state index in [9.17, 15) is 9.90 Å². The number of esters is 1. The van der Waals surface area contributed by atoms with Crippen molar-refractivity contribution < 1.29 is 14.6 Å². The van der Waals surface area contributed by atoms with Gasteiger partial charge in [-0.05, 0) is 42.9 Å². The number of aromatic hydroxyl groups is 1. The highest BCUT2D eigenvalue weighted by Crippen LogP contribution is 2.17. The molecule has 1 rings (SSSR count). The predicted octanol–water partition coefficient (Wildman–Crippen LogP) is 1.66. The van der Waals surface area contributed by atoms with Crippen LogP contribution in [0.5, 0.6) is 5.75 Å². The zero-order valence-corrected chi connectivity index (χ0v) is 11.9. The van der Waals surface area contributed by atoms with Gasteiger partial charge in [-0.3, -0.25) is 4.79 Å². The van der Waals surface area contributed by atoms with E-state index in [2.05, 4.69) is 10.1 Å². The van der Waals surface area contributed by atoms with Crippen molar-refractivity contribution in [2.24, 2.45) is 0 Å². The maximum atomic E-state index is 10.9. The van der Waals surface area contributed by atoms with E-state index in [0.29, 0.717) is 24.5 Å². The van der Waals surface area contributed by atoms with Crippen LogP contribution in [0.25, 0.3) is 0 Å². The molecular weight excluding hydrogens is 264 g/mol. The maximum absolute atomic E-state index is 10.9. The minimum Gasteiger partial charge on any atom is -0.508 e. The van der Waals surface area contributed by atoms with E-state index in [1.54, 1.807) is 29.2 Å². The molecule has 1 aromatic rings. The fourth-order valence-electron chi connectivity index (χ4n) is 1.44. The number of hydrogen-bond acceptors (Lipinski definition) is 4. The summed E-state index contributed by atoms with van der Waals surface area (Å²) in [7, 11) is 3.21. The summed E-state index contributed by atoms with van der Waals surface area (Å²) in [6, 6.07) is 6.76. The van der Waals surface area contributed by atoms with Crippen LogP contribution in [0.1, 0.15) is 12.8 Å². The van der Waals surface area contributed by atoms with E-state index in [4.69, 9.17) is 12.2 Å². The zero-order valence-electron chi connectivity index (χ0n) is 11.0. The number of hydrogen-bond donors (Lipinski definition) is 2. The first kappa shape index (κ1) is 15.2. The molecule has 0 aromatic heterocycles. The molecular formula is C13H18N2O3S. The van der Waals surface area contributed by atoms with Crippen molar-refractivity contribution >= 4 is 29.0 Å². The standard InChI is InChI=1S/C13H18N2O3S/c1-15(10-5-7-11(16)8-6-10)13(19)14-9-3-4-12(17)18-2/h5-8,16H,3-4,9H2,1-2H3,(H,14,19). The topological polar surface area (TPSA) is 61.8 Å². The van der Waals surface area contributed by atoms with E-state index >= 15 is 0 Å². The van der Waals surface area contributed by atoms with Crippen LogP contribution >= 0.6 is 12.2 Å². The summed E-state index contributed by atoms with van der Waals surface area (Å²) in [4.78, 5) is 12.7. The lowest BCUT2D eigenvalue weighted by atomic mass is 10.3. The number of rotatable bonds is 5. The summed E-state index contributed by atoms with van der Waals surface area (Å²) < 4.78 is 4.55. The van der Waals surface area contributed by atoms with Crippen LogP contribution in [0, 0.1) is 0 Å². The van der Waals surface area contributed by atoms with Crippen molar-refractivity contribution in [2.45, 2.75) is 12.8 Å². The summed E-state index contributed by atoms with van der Waals surface area (Å²) in [5.41, 5.74) is 0.878. The van der Waals surface area contributed by atoms with Crippen molar-refractivity contribution in [3.8, 4) is 5.75 Å². The number of phenols is 1. The van der Waals surface area contributed by atoms with Gasteiger partial charge in [-0.25, -0.2) is 0 Å². The van der Waals surface area contributed by atoms with E-state index < -0.39 is 0 Å². The van der Waals surface area contributed by atoms with E-state index in [-0.39, 0.29) is 11.7 Å². The highest BCUT2D eigenvalue weighted by atomic mass is 32.1. The van der Waals surface area contributed by atoms with Crippen LogP contribution in [0.4, 0.5) is 5.69 Å². The molecule has 0 fully saturated rings. The van der Waals surface area contributed by atoms with Crippen LogP contribution in [-0.4, -0.2) is 36.9 Å². The number of benzene rings is 1. The number of thiocarbonyl (C=S) groups is 1. The van der Waals surface area contributed by atoms with Gasteiger partial charge in [-0.15, -0.1) is 0 Å². The Labute approximate surface area is 118 Å². The van der Waals surface area contributed by atoms with Gasteiger partial charge in [0.25, 0.3) is 0 Å². The van der Waals surface area contributed by atoms with Gasteiger partial charge in [-0.2, -0.15) is 0 Å². The van der Waals surface area contributed by atoms with Crippen molar-refractivity contribution in [3.63, 3.8) is 0 Å². The van der Waals surface area contributed by atoms with Crippen LogP contribution < -0.4 is 10.2 Å². The fraction of sp³-hybridized carbons (Fsp3) is 0.385. The first-order chi connectivity index (χ1) is 9.04. The molecule has 2 N–H and O–H groups in total. The molecule has 0 saturated heterocycles. The zero-order chi connectivity index (χ0) is 14.3. The normalized spacial score (nSPS) is 9.79. The summed E-state index contributed by atoms with van der Waals surface area (Å²) >= 11 is 5.24. The molecule has 0 saturated carbocycles. The van der Waals surface area contributed by atoms with Gasteiger partial charge in [0, 0.05) is 25.7 Å². The van der Waals surface area contributed by atoms with Crippen molar-refractivity contribution in [1.82, 2.24) is 5.32 Å². The molecule has 0 atom stereocenters. The lowest BCUT2D eigenvalue weighted by Crippen LogP contribution is -2.37. The molecule has 6 heteroatoms. The summed E-state index contributed by atoms with van der Waals surface area (Å²) in [6.45, 7) is 0.607. The Hall–Kier alpha value is -1.82. The fourth-order valence-corrected chi connectivity index (χ4v) is 1.65. The van der Waals surface area contributed by atoms with Gasteiger partial charge in [-0.1, -0.05) is 0 Å². The minimum atomic E-state index is -0.223. The van der Waals surface area contributed by atoms with Gasteiger partial charge >= 0.3 is 5.97 Å². The van der Waals surface area contributed by atoms with Gasteiger partial charge in [0.05, 0.1) is 7.11 Å². The third-order valence-electron chi connectivity index (χ3n) is 2.60. The number of ether oxygens (including phenoxy) is 1. The third kappa shape index (κ3) is 5.13. The second kappa shape index (κ2) is 7.58. The second-order valence-corrected chi connectivity index (χ2v) is 4.37. The Morgan fingerprint density at radius 3 is 2.63 bits per heavy atom. The average Bonchev–Trinajstić information content (AvgIpc) is 2.43. The molecule has 104 valence electrons. The van der Waals surface area contributed by atoms with Gasteiger partial charge < -0.3 is 20.1 Å². The van der Waals surface area contributed by atoms with E-state index in [1.807, 2.05) is 7.05 Å².